The summed E-state index contributed by atoms with van der Waals surface area (Å²) in [6, 6.07) is 3.93. The third kappa shape index (κ3) is 4.08. The van der Waals surface area contributed by atoms with Crippen LogP contribution < -0.4 is 5.32 Å². The number of carbonyl (C=O) groups excluding carboxylic acids is 1. The molecule has 1 N–H and O–H groups in total. The van der Waals surface area contributed by atoms with Crippen molar-refractivity contribution in [2.45, 2.75) is 50.3 Å². The Morgan fingerprint density at radius 1 is 1.46 bits per heavy atom. The summed E-state index contributed by atoms with van der Waals surface area (Å²) in [4.78, 5) is 12.4. The zero-order valence-electron chi connectivity index (χ0n) is 14.2. The third-order valence-electron chi connectivity index (χ3n) is 4.02. The van der Waals surface area contributed by atoms with Crippen LogP contribution in [0.5, 0.6) is 0 Å². The lowest BCUT2D eigenvalue weighted by Gasteiger charge is -2.21. The molecule has 1 fully saturated rings. The fourth-order valence-corrected chi connectivity index (χ4v) is 3.85. The number of ether oxygens (including phenoxy) is 1. The van der Waals surface area contributed by atoms with E-state index in [1.54, 1.807) is 13.8 Å². The summed E-state index contributed by atoms with van der Waals surface area (Å²) in [5.41, 5.74) is 0.150. The van der Waals surface area contributed by atoms with Gasteiger partial charge in [-0.15, -0.1) is 0 Å². The van der Waals surface area contributed by atoms with Gasteiger partial charge in [0.1, 0.15) is 0 Å². The van der Waals surface area contributed by atoms with Crippen LogP contribution in [0.2, 0.25) is 5.02 Å². The van der Waals surface area contributed by atoms with Crippen molar-refractivity contribution in [3.8, 4) is 0 Å². The SMILES string of the molecule is CCOC1CC1NC(=O)c1cc(S(=O)(=O)N(C)C(C)C)ccc1Cl. The van der Waals surface area contributed by atoms with Crippen molar-refractivity contribution >= 4 is 27.5 Å². The first-order valence-electron chi connectivity index (χ1n) is 7.88. The van der Waals surface area contributed by atoms with Gasteiger partial charge in [-0.2, -0.15) is 4.31 Å². The highest BCUT2D eigenvalue weighted by molar-refractivity contribution is 7.89. The van der Waals surface area contributed by atoms with Gasteiger partial charge in [-0.25, -0.2) is 8.42 Å². The molecule has 2 unspecified atom stereocenters. The number of hydrogen-bond acceptors (Lipinski definition) is 4. The molecule has 0 bridgehead atoms. The average Bonchev–Trinajstić information content (AvgIpc) is 3.24. The zero-order chi connectivity index (χ0) is 18.1. The maximum atomic E-state index is 12.6. The summed E-state index contributed by atoms with van der Waals surface area (Å²) >= 11 is 6.08. The molecule has 6 nitrogen and oxygen atoms in total. The molecule has 24 heavy (non-hydrogen) atoms. The van der Waals surface area contributed by atoms with Crippen LogP contribution in [0.3, 0.4) is 0 Å². The van der Waals surface area contributed by atoms with Gasteiger partial charge in [-0.1, -0.05) is 11.6 Å². The molecule has 2 atom stereocenters. The lowest BCUT2D eigenvalue weighted by Crippen LogP contribution is -2.33. The number of benzene rings is 1. The summed E-state index contributed by atoms with van der Waals surface area (Å²) in [5, 5.41) is 3.03. The van der Waals surface area contributed by atoms with Crippen molar-refractivity contribution in [1.82, 2.24) is 9.62 Å². The summed E-state index contributed by atoms with van der Waals surface area (Å²) < 4.78 is 31.8. The minimum atomic E-state index is -3.67. The Kier molecular flexibility index (Phi) is 5.91. The van der Waals surface area contributed by atoms with Crippen molar-refractivity contribution in [3.05, 3.63) is 28.8 Å². The number of rotatable bonds is 7. The average molecular weight is 375 g/mol. The quantitative estimate of drug-likeness (QED) is 0.794. The second-order valence-electron chi connectivity index (χ2n) is 6.07. The lowest BCUT2D eigenvalue weighted by molar-refractivity contribution is 0.0914. The van der Waals surface area contributed by atoms with Crippen LogP contribution in [0.4, 0.5) is 0 Å². The number of nitrogens with one attached hydrogen (secondary N) is 1. The van der Waals surface area contributed by atoms with E-state index in [9.17, 15) is 13.2 Å². The number of nitrogens with zero attached hydrogens (tertiary/aromatic N) is 1. The molecule has 134 valence electrons. The van der Waals surface area contributed by atoms with E-state index in [0.29, 0.717) is 6.61 Å². The second kappa shape index (κ2) is 7.39. The Labute approximate surface area is 148 Å². The van der Waals surface area contributed by atoms with Gasteiger partial charge in [0.15, 0.2) is 0 Å². The van der Waals surface area contributed by atoms with Crippen LogP contribution in [0.1, 0.15) is 37.6 Å². The molecule has 0 heterocycles. The molecule has 0 aromatic heterocycles. The maximum Gasteiger partial charge on any atom is 0.253 e. The molecule has 1 aliphatic carbocycles. The molecule has 0 spiro atoms. The van der Waals surface area contributed by atoms with Crippen molar-refractivity contribution < 1.29 is 17.9 Å². The summed E-state index contributed by atoms with van der Waals surface area (Å²) in [5.74, 6) is -0.392. The van der Waals surface area contributed by atoms with Gasteiger partial charge >= 0.3 is 0 Å². The first-order valence-corrected chi connectivity index (χ1v) is 9.70. The van der Waals surface area contributed by atoms with E-state index in [-0.39, 0.29) is 33.7 Å². The summed E-state index contributed by atoms with van der Waals surface area (Å²) in [6.07, 6.45) is 0.780. The van der Waals surface area contributed by atoms with E-state index < -0.39 is 15.9 Å². The zero-order valence-corrected chi connectivity index (χ0v) is 15.8. The highest BCUT2D eigenvalue weighted by Crippen LogP contribution is 2.27. The summed E-state index contributed by atoms with van der Waals surface area (Å²) in [6.45, 7) is 6.05. The van der Waals surface area contributed by atoms with Crippen LogP contribution in [-0.2, 0) is 14.8 Å². The Morgan fingerprint density at radius 3 is 2.71 bits per heavy atom. The minimum Gasteiger partial charge on any atom is -0.376 e. The molecule has 0 radical (unpaired) electrons. The first-order chi connectivity index (χ1) is 11.2. The van der Waals surface area contributed by atoms with E-state index in [1.165, 1.54) is 29.6 Å². The normalized spacial score (nSPS) is 20.5. The van der Waals surface area contributed by atoms with Gasteiger partial charge in [-0.3, -0.25) is 4.79 Å². The molecule has 1 aromatic rings. The molecule has 8 heteroatoms. The van der Waals surface area contributed by atoms with Crippen LogP contribution in [0, 0.1) is 0 Å². The number of sulfonamides is 1. The van der Waals surface area contributed by atoms with Crippen LogP contribution in [0.15, 0.2) is 23.1 Å². The van der Waals surface area contributed by atoms with Gasteiger partial charge in [-0.05, 0) is 45.4 Å². The number of carbonyl (C=O) groups is 1. The standard InChI is InChI=1S/C16H23ClN2O4S/c1-5-23-15-9-14(15)18-16(20)12-8-11(6-7-13(12)17)24(21,22)19(4)10(2)3/h6-8,10,14-15H,5,9H2,1-4H3,(H,18,20). The van der Waals surface area contributed by atoms with E-state index >= 15 is 0 Å². The Morgan fingerprint density at radius 2 is 2.12 bits per heavy atom. The highest BCUT2D eigenvalue weighted by atomic mass is 35.5. The minimum absolute atomic E-state index is 0.0247. The Balaban J connectivity index is 2.21. The van der Waals surface area contributed by atoms with Crippen LogP contribution >= 0.6 is 11.6 Å². The van der Waals surface area contributed by atoms with Crippen LogP contribution in [-0.4, -0.2) is 50.5 Å². The molecule has 2 rings (SSSR count). The van der Waals surface area contributed by atoms with Crippen molar-refractivity contribution in [2.75, 3.05) is 13.7 Å². The van der Waals surface area contributed by atoms with Gasteiger partial charge < -0.3 is 10.1 Å². The van der Waals surface area contributed by atoms with E-state index in [4.69, 9.17) is 16.3 Å². The van der Waals surface area contributed by atoms with Gasteiger partial charge in [0.05, 0.1) is 27.6 Å². The number of halogens is 1. The van der Waals surface area contributed by atoms with Gasteiger partial charge in [0.2, 0.25) is 10.0 Å². The van der Waals surface area contributed by atoms with Crippen LogP contribution in [0.25, 0.3) is 0 Å². The number of amides is 1. The molecular formula is C16H23ClN2O4S. The topological polar surface area (TPSA) is 75.7 Å². The molecule has 0 aliphatic heterocycles. The van der Waals surface area contributed by atoms with Gasteiger partial charge in [0.25, 0.3) is 5.91 Å². The van der Waals surface area contributed by atoms with E-state index in [0.717, 1.165) is 6.42 Å². The smallest absolute Gasteiger partial charge is 0.253 e. The molecule has 0 saturated heterocycles. The predicted octanol–water partition coefficient (Wildman–Crippen LogP) is 2.28. The molecule has 1 saturated carbocycles. The van der Waals surface area contributed by atoms with Gasteiger partial charge in [0, 0.05) is 19.7 Å². The molecule has 1 aromatic carbocycles. The van der Waals surface area contributed by atoms with Crippen molar-refractivity contribution in [1.29, 1.82) is 0 Å². The largest absolute Gasteiger partial charge is 0.376 e. The van der Waals surface area contributed by atoms with E-state index in [2.05, 4.69) is 5.32 Å². The fraction of sp³-hybridized carbons (Fsp3) is 0.562. The Bertz CT molecular complexity index is 721. The number of hydrogen-bond donors (Lipinski definition) is 1. The first kappa shape index (κ1) is 19.2. The van der Waals surface area contributed by atoms with Crippen molar-refractivity contribution in [3.63, 3.8) is 0 Å². The maximum absolute atomic E-state index is 12.6. The summed E-state index contributed by atoms with van der Waals surface area (Å²) in [7, 11) is -2.17. The highest BCUT2D eigenvalue weighted by Gasteiger charge is 2.39. The molecule has 1 amide bonds. The molecular weight excluding hydrogens is 352 g/mol. The van der Waals surface area contributed by atoms with Crippen molar-refractivity contribution in [2.24, 2.45) is 0 Å². The second-order valence-corrected chi connectivity index (χ2v) is 8.47. The Hall–Kier alpha value is -1.15. The molecule has 1 aliphatic rings. The lowest BCUT2D eigenvalue weighted by atomic mass is 10.2. The van der Waals surface area contributed by atoms with E-state index in [1.807, 2.05) is 6.92 Å². The third-order valence-corrected chi connectivity index (χ3v) is 6.37. The predicted molar refractivity (Wildman–Crippen MR) is 92.8 cm³/mol. The fourth-order valence-electron chi connectivity index (χ4n) is 2.25. The monoisotopic (exact) mass is 374 g/mol.